The molecule has 0 radical (unpaired) electrons. The number of amides is 1. The Kier molecular flexibility index (Phi) is 2.96. The number of aromatic hydroxyl groups is 2. The quantitative estimate of drug-likeness (QED) is 0.740. The summed E-state index contributed by atoms with van der Waals surface area (Å²) in [6.45, 7) is 0. The van der Waals surface area contributed by atoms with Crippen molar-refractivity contribution >= 4 is 11.6 Å². The Bertz CT molecular complexity index is 538. The Morgan fingerprint density at radius 2 is 1.71 bits per heavy atom. The Hall–Kier alpha value is -2.49. The first-order valence-electron chi connectivity index (χ1n) is 5.05. The number of carbonyl (C=O) groups excluding carboxylic acids is 1. The number of phenols is 2. The minimum Gasteiger partial charge on any atom is -0.508 e. The summed E-state index contributed by atoms with van der Waals surface area (Å²) in [4.78, 5) is 11.8. The molecular formula is C13H11NO3. The van der Waals surface area contributed by atoms with Gasteiger partial charge in [-0.25, -0.2) is 0 Å². The van der Waals surface area contributed by atoms with Crippen LogP contribution in [0.4, 0.5) is 5.69 Å². The van der Waals surface area contributed by atoms with Gasteiger partial charge in [-0.3, -0.25) is 4.79 Å². The second-order valence-electron chi connectivity index (χ2n) is 3.52. The minimum atomic E-state index is -0.422. The van der Waals surface area contributed by atoms with E-state index in [1.54, 1.807) is 24.3 Å². The standard InChI is InChI=1S/C13H11NO3/c15-10-6-7-11(12(16)8-10)13(17)14-9-4-2-1-3-5-9/h1-8,15-16H,(H,14,17). The van der Waals surface area contributed by atoms with Crippen molar-refractivity contribution in [1.29, 1.82) is 0 Å². The maximum atomic E-state index is 11.8. The van der Waals surface area contributed by atoms with E-state index in [0.29, 0.717) is 5.69 Å². The molecule has 0 bridgehead atoms. The molecular weight excluding hydrogens is 218 g/mol. The summed E-state index contributed by atoms with van der Waals surface area (Å²) in [7, 11) is 0. The number of hydrogen-bond acceptors (Lipinski definition) is 3. The summed E-state index contributed by atoms with van der Waals surface area (Å²) in [6, 6.07) is 12.8. The van der Waals surface area contributed by atoms with E-state index >= 15 is 0 Å². The fourth-order valence-electron chi connectivity index (χ4n) is 1.43. The Morgan fingerprint density at radius 3 is 2.35 bits per heavy atom. The van der Waals surface area contributed by atoms with Crippen molar-refractivity contribution in [3.05, 3.63) is 54.1 Å². The predicted octanol–water partition coefficient (Wildman–Crippen LogP) is 2.35. The molecule has 86 valence electrons. The van der Waals surface area contributed by atoms with Crippen molar-refractivity contribution in [2.45, 2.75) is 0 Å². The molecule has 0 saturated carbocycles. The van der Waals surface area contributed by atoms with Crippen molar-refractivity contribution < 1.29 is 15.0 Å². The molecule has 0 aliphatic rings. The second-order valence-corrected chi connectivity index (χ2v) is 3.52. The maximum Gasteiger partial charge on any atom is 0.259 e. The average Bonchev–Trinajstić information content (AvgIpc) is 2.30. The van der Waals surface area contributed by atoms with Gasteiger partial charge in [0, 0.05) is 11.8 Å². The van der Waals surface area contributed by atoms with E-state index in [4.69, 9.17) is 5.11 Å². The van der Waals surface area contributed by atoms with Crippen molar-refractivity contribution in [2.24, 2.45) is 0 Å². The van der Waals surface area contributed by atoms with Crippen LogP contribution >= 0.6 is 0 Å². The molecule has 0 spiro atoms. The lowest BCUT2D eigenvalue weighted by atomic mass is 10.1. The van der Waals surface area contributed by atoms with Crippen LogP contribution in [-0.2, 0) is 0 Å². The van der Waals surface area contributed by atoms with Crippen molar-refractivity contribution in [2.75, 3.05) is 5.32 Å². The van der Waals surface area contributed by atoms with Crippen LogP contribution in [-0.4, -0.2) is 16.1 Å². The highest BCUT2D eigenvalue weighted by molar-refractivity contribution is 6.06. The number of anilines is 1. The molecule has 0 fully saturated rings. The predicted molar refractivity (Wildman–Crippen MR) is 64.2 cm³/mol. The summed E-state index contributed by atoms with van der Waals surface area (Å²) in [5.74, 6) is -0.758. The Labute approximate surface area is 98.2 Å². The average molecular weight is 229 g/mol. The molecule has 0 aliphatic carbocycles. The molecule has 4 heteroatoms. The molecule has 0 aliphatic heterocycles. The van der Waals surface area contributed by atoms with Gasteiger partial charge in [0.2, 0.25) is 0 Å². The summed E-state index contributed by atoms with van der Waals surface area (Å²) in [5.41, 5.74) is 0.761. The number of phenolic OH excluding ortho intramolecular Hbond substituents is 2. The highest BCUT2D eigenvalue weighted by Crippen LogP contribution is 2.23. The molecule has 0 saturated heterocycles. The number of benzene rings is 2. The molecule has 2 rings (SSSR count). The van der Waals surface area contributed by atoms with E-state index in [1.807, 2.05) is 6.07 Å². The molecule has 4 nitrogen and oxygen atoms in total. The zero-order chi connectivity index (χ0) is 12.3. The van der Waals surface area contributed by atoms with Crippen LogP contribution in [0.3, 0.4) is 0 Å². The van der Waals surface area contributed by atoms with Crippen LogP contribution in [0.1, 0.15) is 10.4 Å². The number of para-hydroxylation sites is 1. The van der Waals surface area contributed by atoms with Crippen molar-refractivity contribution in [1.82, 2.24) is 0 Å². The van der Waals surface area contributed by atoms with Crippen LogP contribution in [0, 0.1) is 0 Å². The second kappa shape index (κ2) is 4.57. The number of carbonyl (C=O) groups is 1. The third kappa shape index (κ3) is 2.55. The number of hydrogen-bond donors (Lipinski definition) is 3. The minimum absolute atomic E-state index is 0.0845. The van der Waals surface area contributed by atoms with Gasteiger partial charge in [-0.15, -0.1) is 0 Å². The fraction of sp³-hybridized carbons (Fsp3) is 0. The first-order chi connectivity index (χ1) is 8.16. The van der Waals surface area contributed by atoms with Crippen LogP contribution in [0.5, 0.6) is 11.5 Å². The highest BCUT2D eigenvalue weighted by Gasteiger charge is 2.11. The SMILES string of the molecule is O=C(Nc1ccccc1)c1ccc(O)cc1O. The van der Waals surface area contributed by atoms with Gasteiger partial charge in [0.15, 0.2) is 0 Å². The Morgan fingerprint density at radius 1 is 1.00 bits per heavy atom. The largest absolute Gasteiger partial charge is 0.508 e. The van der Waals surface area contributed by atoms with Crippen LogP contribution in [0.15, 0.2) is 48.5 Å². The first kappa shape index (κ1) is 11.0. The monoisotopic (exact) mass is 229 g/mol. The maximum absolute atomic E-state index is 11.8. The summed E-state index contributed by atoms with van der Waals surface area (Å²) in [6.07, 6.45) is 0. The van der Waals surface area contributed by atoms with Gasteiger partial charge in [0.1, 0.15) is 11.5 Å². The molecule has 1 amide bonds. The third-order valence-electron chi connectivity index (χ3n) is 2.26. The molecule has 0 aromatic heterocycles. The lowest BCUT2D eigenvalue weighted by Gasteiger charge is -2.06. The zero-order valence-electron chi connectivity index (χ0n) is 8.92. The fourth-order valence-corrected chi connectivity index (χ4v) is 1.43. The molecule has 0 heterocycles. The van der Waals surface area contributed by atoms with Gasteiger partial charge >= 0.3 is 0 Å². The normalized spacial score (nSPS) is 9.88. The van der Waals surface area contributed by atoms with Gasteiger partial charge in [0.05, 0.1) is 5.56 Å². The Balaban J connectivity index is 2.21. The van der Waals surface area contributed by atoms with E-state index in [0.717, 1.165) is 6.07 Å². The number of rotatable bonds is 2. The zero-order valence-corrected chi connectivity index (χ0v) is 8.92. The lowest BCUT2D eigenvalue weighted by Crippen LogP contribution is -2.11. The van der Waals surface area contributed by atoms with E-state index in [9.17, 15) is 9.90 Å². The van der Waals surface area contributed by atoms with Crippen LogP contribution in [0.2, 0.25) is 0 Å². The van der Waals surface area contributed by atoms with Crippen LogP contribution in [0.25, 0.3) is 0 Å². The van der Waals surface area contributed by atoms with Gasteiger partial charge in [-0.05, 0) is 24.3 Å². The lowest BCUT2D eigenvalue weighted by molar-refractivity contribution is 0.102. The third-order valence-corrected chi connectivity index (χ3v) is 2.26. The summed E-state index contributed by atoms with van der Waals surface area (Å²) in [5, 5.41) is 21.3. The van der Waals surface area contributed by atoms with E-state index in [1.165, 1.54) is 12.1 Å². The summed E-state index contributed by atoms with van der Waals surface area (Å²) >= 11 is 0. The van der Waals surface area contributed by atoms with Gasteiger partial charge in [-0.1, -0.05) is 18.2 Å². The van der Waals surface area contributed by atoms with E-state index < -0.39 is 5.91 Å². The van der Waals surface area contributed by atoms with E-state index in [-0.39, 0.29) is 17.1 Å². The topological polar surface area (TPSA) is 69.6 Å². The molecule has 17 heavy (non-hydrogen) atoms. The van der Waals surface area contributed by atoms with Gasteiger partial charge in [0.25, 0.3) is 5.91 Å². The van der Waals surface area contributed by atoms with Crippen LogP contribution < -0.4 is 5.32 Å². The highest BCUT2D eigenvalue weighted by atomic mass is 16.3. The van der Waals surface area contributed by atoms with Crippen molar-refractivity contribution in [3.8, 4) is 11.5 Å². The van der Waals surface area contributed by atoms with Gasteiger partial charge in [-0.2, -0.15) is 0 Å². The van der Waals surface area contributed by atoms with Crippen molar-refractivity contribution in [3.63, 3.8) is 0 Å². The number of nitrogens with one attached hydrogen (secondary N) is 1. The molecule has 0 unspecified atom stereocenters. The molecule has 2 aromatic rings. The molecule has 2 aromatic carbocycles. The smallest absolute Gasteiger partial charge is 0.259 e. The summed E-state index contributed by atoms with van der Waals surface area (Å²) < 4.78 is 0. The molecule has 0 atom stereocenters. The first-order valence-corrected chi connectivity index (χ1v) is 5.05. The van der Waals surface area contributed by atoms with E-state index in [2.05, 4.69) is 5.32 Å². The van der Waals surface area contributed by atoms with Gasteiger partial charge < -0.3 is 15.5 Å². The molecule has 3 N–H and O–H groups in total.